The number of rotatable bonds is 4. The van der Waals surface area contributed by atoms with Crippen LogP contribution in [0.4, 0.5) is 0 Å². The molecule has 12 nitrogen and oxygen atoms in total. The first-order valence-electron chi connectivity index (χ1n) is 9.49. The van der Waals surface area contributed by atoms with E-state index in [-0.39, 0.29) is 33.8 Å². The van der Waals surface area contributed by atoms with E-state index in [1.54, 1.807) is 0 Å². The van der Waals surface area contributed by atoms with Crippen molar-refractivity contribution in [3.8, 4) is 34.3 Å². The Morgan fingerprint density at radius 2 is 1.61 bits per heavy atom. The van der Waals surface area contributed by atoms with E-state index in [4.69, 9.17) is 19.0 Å². The van der Waals surface area contributed by atoms with Gasteiger partial charge in [-0.2, -0.15) is 0 Å². The minimum atomic E-state index is -1.91. The minimum Gasteiger partial charge on any atom is -0.507 e. The molecule has 0 bridgehead atoms. The van der Waals surface area contributed by atoms with Crippen molar-refractivity contribution in [3.05, 3.63) is 46.6 Å². The molecule has 174 valence electrons. The Labute approximate surface area is 183 Å². The lowest BCUT2D eigenvalue weighted by Crippen LogP contribution is -2.61. The number of hydrogen-bond donors (Lipinski definition) is 7. The van der Waals surface area contributed by atoms with E-state index in [9.17, 15) is 40.2 Å². The zero-order chi connectivity index (χ0) is 24.0. The maximum atomic E-state index is 12.5. The van der Waals surface area contributed by atoms with Crippen LogP contribution >= 0.6 is 0 Å². The van der Waals surface area contributed by atoms with Gasteiger partial charge in [0, 0.05) is 23.8 Å². The van der Waals surface area contributed by atoms with Crippen molar-refractivity contribution in [2.45, 2.75) is 30.7 Å². The Bertz CT molecular complexity index is 1280. The highest BCUT2D eigenvalue weighted by atomic mass is 16.7. The average Bonchev–Trinajstić information content (AvgIpc) is 2.75. The maximum absolute atomic E-state index is 12.5. The normalized spacial score (nSPS) is 25.1. The molecule has 2 heterocycles. The Balaban J connectivity index is 1.72. The number of phenolic OH excluding ortho intramolecular Hbond substituents is 3. The Hall–Kier alpha value is -3.84. The van der Waals surface area contributed by atoms with Gasteiger partial charge in [0.15, 0.2) is 23.0 Å². The summed E-state index contributed by atoms with van der Waals surface area (Å²) in [6, 6.07) is 6.94. The number of aliphatic hydroxyl groups excluding tert-OH is 3. The van der Waals surface area contributed by atoms with Gasteiger partial charge >= 0.3 is 5.97 Å². The number of fused-ring (bicyclic) bond motifs is 1. The second-order valence-corrected chi connectivity index (χ2v) is 7.35. The van der Waals surface area contributed by atoms with Gasteiger partial charge in [0.2, 0.25) is 6.29 Å². The number of aliphatic carboxylic acids is 1. The molecular formula is C21H18O12. The molecule has 5 atom stereocenters. The first-order chi connectivity index (χ1) is 15.6. The highest BCUT2D eigenvalue weighted by Crippen LogP contribution is 2.35. The molecule has 0 aliphatic carbocycles. The summed E-state index contributed by atoms with van der Waals surface area (Å²) in [5.41, 5.74) is -0.565. The number of aromatic hydroxyl groups is 3. The van der Waals surface area contributed by atoms with Gasteiger partial charge in [0.05, 0.1) is 0 Å². The van der Waals surface area contributed by atoms with Crippen LogP contribution < -0.4 is 10.2 Å². The molecule has 1 aromatic heterocycles. The topological polar surface area (TPSA) is 207 Å². The number of phenols is 3. The van der Waals surface area contributed by atoms with Crippen LogP contribution in [0.2, 0.25) is 0 Å². The molecule has 12 heteroatoms. The summed E-state index contributed by atoms with van der Waals surface area (Å²) in [4.78, 5) is 23.8. The second-order valence-electron chi connectivity index (χ2n) is 7.35. The first-order valence-corrected chi connectivity index (χ1v) is 9.49. The molecule has 4 rings (SSSR count). The molecule has 0 saturated carbocycles. The van der Waals surface area contributed by atoms with Gasteiger partial charge in [-0.25, -0.2) is 4.79 Å². The van der Waals surface area contributed by atoms with Gasteiger partial charge < -0.3 is 49.6 Å². The predicted octanol–water partition coefficient (Wildman–Crippen LogP) is -0.152. The van der Waals surface area contributed by atoms with E-state index < -0.39 is 53.6 Å². The van der Waals surface area contributed by atoms with Crippen LogP contribution in [0.25, 0.3) is 22.3 Å². The fraction of sp³-hybridized carbons (Fsp3) is 0.238. The first kappa shape index (κ1) is 22.4. The molecule has 3 aromatic rings. The predicted molar refractivity (Wildman–Crippen MR) is 108 cm³/mol. The summed E-state index contributed by atoms with van der Waals surface area (Å²) >= 11 is 0. The van der Waals surface area contributed by atoms with Crippen molar-refractivity contribution in [2.24, 2.45) is 0 Å². The van der Waals surface area contributed by atoms with E-state index in [1.807, 2.05) is 0 Å². The molecule has 1 saturated heterocycles. The van der Waals surface area contributed by atoms with E-state index in [0.717, 1.165) is 24.3 Å². The third-order valence-electron chi connectivity index (χ3n) is 5.11. The molecule has 7 N–H and O–H groups in total. The van der Waals surface area contributed by atoms with E-state index >= 15 is 0 Å². The number of aliphatic hydroxyl groups is 3. The summed E-state index contributed by atoms with van der Waals surface area (Å²) in [7, 11) is 0. The Morgan fingerprint density at radius 1 is 0.879 bits per heavy atom. The highest BCUT2D eigenvalue weighted by molar-refractivity contribution is 5.86. The third-order valence-corrected chi connectivity index (χ3v) is 5.11. The van der Waals surface area contributed by atoms with Crippen molar-refractivity contribution in [3.63, 3.8) is 0 Å². The lowest BCUT2D eigenvalue weighted by Gasteiger charge is -2.38. The number of hydrogen-bond acceptors (Lipinski definition) is 11. The van der Waals surface area contributed by atoms with Crippen LogP contribution in [0.15, 0.2) is 45.6 Å². The zero-order valence-corrected chi connectivity index (χ0v) is 16.5. The van der Waals surface area contributed by atoms with Crippen LogP contribution in [-0.2, 0) is 9.53 Å². The molecule has 33 heavy (non-hydrogen) atoms. The van der Waals surface area contributed by atoms with Crippen LogP contribution in [0.1, 0.15) is 0 Å². The van der Waals surface area contributed by atoms with Crippen LogP contribution in [0, 0.1) is 0 Å². The fourth-order valence-electron chi connectivity index (χ4n) is 3.41. The van der Waals surface area contributed by atoms with E-state index in [1.165, 1.54) is 12.1 Å². The van der Waals surface area contributed by atoms with Crippen molar-refractivity contribution < 1.29 is 54.4 Å². The monoisotopic (exact) mass is 462 g/mol. The minimum absolute atomic E-state index is 0.0159. The van der Waals surface area contributed by atoms with Gasteiger partial charge in [-0.1, -0.05) is 0 Å². The van der Waals surface area contributed by atoms with Crippen molar-refractivity contribution >= 4 is 16.9 Å². The molecule has 1 aliphatic heterocycles. The van der Waals surface area contributed by atoms with Crippen LogP contribution in [-0.4, -0.2) is 72.4 Å². The summed E-state index contributed by atoms with van der Waals surface area (Å²) in [6.45, 7) is 0. The molecular weight excluding hydrogens is 444 g/mol. The van der Waals surface area contributed by atoms with Crippen LogP contribution in [0.5, 0.6) is 23.0 Å². The molecule has 0 unspecified atom stereocenters. The van der Waals surface area contributed by atoms with Gasteiger partial charge in [0.25, 0.3) is 0 Å². The SMILES string of the molecule is O=C(O)[C@H]1O[C@@H](Oc2cc(O)c3c(=O)cc(-c4ccc(O)c(O)c4)oc3c2)[C@H](O)[C@@H](O)[C@H]1O. The number of carbonyl (C=O) groups is 1. The summed E-state index contributed by atoms with van der Waals surface area (Å²) in [5, 5.41) is 68.2. The van der Waals surface area contributed by atoms with Crippen molar-refractivity contribution in [1.29, 1.82) is 0 Å². The Kier molecular flexibility index (Phi) is 5.59. The van der Waals surface area contributed by atoms with Gasteiger partial charge in [-0.05, 0) is 18.2 Å². The molecule has 1 fully saturated rings. The number of carboxylic acids is 1. The number of ether oxygens (including phenoxy) is 2. The Morgan fingerprint density at radius 3 is 2.27 bits per heavy atom. The van der Waals surface area contributed by atoms with Crippen molar-refractivity contribution in [1.82, 2.24) is 0 Å². The zero-order valence-electron chi connectivity index (χ0n) is 16.5. The van der Waals surface area contributed by atoms with Gasteiger partial charge in [-0.15, -0.1) is 0 Å². The standard InChI is InChI=1S/C21H18O12/c22-9-2-1-7(3-10(9)23)13-6-12(25)15-11(24)4-8(5-14(15)32-13)31-21-18(28)16(26)17(27)19(33-21)20(29)30/h1-6,16-19,21-24,26-28H,(H,29,30)/t16-,17+,18+,19-,21+/m0/s1. The molecule has 2 aromatic carbocycles. The largest absolute Gasteiger partial charge is 0.507 e. The number of carboxylic acid groups (broad SMARTS) is 1. The van der Waals surface area contributed by atoms with E-state index in [2.05, 4.69) is 0 Å². The average molecular weight is 462 g/mol. The lowest BCUT2D eigenvalue weighted by molar-refractivity contribution is -0.271. The lowest BCUT2D eigenvalue weighted by atomic mass is 9.99. The molecule has 0 amide bonds. The summed E-state index contributed by atoms with van der Waals surface area (Å²) < 4.78 is 16.0. The second kappa shape index (κ2) is 8.26. The van der Waals surface area contributed by atoms with Crippen molar-refractivity contribution in [2.75, 3.05) is 0 Å². The quantitative estimate of drug-likeness (QED) is 0.253. The van der Waals surface area contributed by atoms with E-state index in [0.29, 0.717) is 0 Å². The molecule has 0 spiro atoms. The highest BCUT2D eigenvalue weighted by Gasteiger charge is 2.48. The third kappa shape index (κ3) is 4.03. The molecule has 1 aliphatic rings. The summed E-state index contributed by atoms with van der Waals surface area (Å²) in [6.07, 6.45) is -9.29. The molecule has 0 radical (unpaired) electrons. The fourth-order valence-corrected chi connectivity index (χ4v) is 3.41. The smallest absolute Gasteiger partial charge is 0.335 e. The van der Waals surface area contributed by atoms with Gasteiger partial charge in [0.1, 0.15) is 46.5 Å². The number of benzene rings is 2. The summed E-state index contributed by atoms with van der Waals surface area (Å²) in [5.74, 6) is -3.22. The maximum Gasteiger partial charge on any atom is 0.335 e. The van der Waals surface area contributed by atoms with Gasteiger partial charge in [-0.3, -0.25) is 4.79 Å². The van der Waals surface area contributed by atoms with Crippen LogP contribution in [0.3, 0.4) is 0 Å².